The third kappa shape index (κ3) is 49.9. The Labute approximate surface area is 119 Å². The zero-order valence-corrected chi connectivity index (χ0v) is 12.4. The van der Waals surface area contributed by atoms with E-state index in [1.165, 1.54) is 0 Å². The van der Waals surface area contributed by atoms with Crippen molar-refractivity contribution >= 4 is 0 Å². The van der Waals surface area contributed by atoms with Crippen LogP contribution in [0.3, 0.4) is 0 Å². The first-order valence-electron chi connectivity index (χ1n) is 5.20. The Morgan fingerprint density at radius 3 is 1.12 bits per heavy atom. The second-order valence-electron chi connectivity index (χ2n) is 2.28. The van der Waals surface area contributed by atoms with E-state index in [1.807, 2.05) is 6.07 Å². The number of aromatic hydroxyl groups is 1. The van der Waals surface area contributed by atoms with Gasteiger partial charge in [0.1, 0.15) is 5.75 Å². The van der Waals surface area contributed by atoms with Crippen molar-refractivity contribution in [3.8, 4) is 5.75 Å². The van der Waals surface area contributed by atoms with Crippen LogP contribution in [0.4, 0.5) is 0 Å². The first kappa shape index (κ1) is 25.5. The van der Waals surface area contributed by atoms with Crippen molar-refractivity contribution in [3.05, 3.63) is 30.3 Å². The maximum Gasteiger partial charge on any atom is 0.115 e. The molecule has 1 aromatic rings. The SMILES string of the molecule is CCO.CCO.CCO.Oc1ccccc1.[Ti]. The molecule has 1 aromatic carbocycles. The Morgan fingerprint density at radius 1 is 0.765 bits per heavy atom. The second kappa shape index (κ2) is 29.6. The van der Waals surface area contributed by atoms with Crippen LogP contribution >= 0.6 is 0 Å². The molecule has 0 aliphatic rings. The number of hydrogen-bond donors (Lipinski definition) is 4. The van der Waals surface area contributed by atoms with Crippen LogP contribution in [-0.4, -0.2) is 40.2 Å². The van der Waals surface area contributed by atoms with Gasteiger partial charge in [0, 0.05) is 41.5 Å². The average Bonchev–Trinajstić information content (AvgIpc) is 2.22. The first-order chi connectivity index (χ1) is 7.64. The zero-order valence-electron chi connectivity index (χ0n) is 10.8. The van der Waals surface area contributed by atoms with Gasteiger partial charge in [-0.15, -0.1) is 0 Å². The van der Waals surface area contributed by atoms with Gasteiger partial charge in [-0.3, -0.25) is 0 Å². The average molecular weight is 280 g/mol. The van der Waals surface area contributed by atoms with E-state index in [2.05, 4.69) is 0 Å². The summed E-state index contributed by atoms with van der Waals surface area (Å²) in [5, 5.41) is 31.3. The van der Waals surface area contributed by atoms with E-state index in [0.717, 1.165) is 0 Å². The van der Waals surface area contributed by atoms with Gasteiger partial charge in [-0.25, -0.2) is 0 Å². The molecule has 0 heterocycles. The molecule has 0 saturated heterocycles. The normalized spacial score (nSPS) is 6.71. The summed E-state index contributed by atoms with van der Waals surface area (Å²) in [6, 6.07) is 8.71. The molecule has 4 N–H and O–H groups in total. The van der Waals surface area contributed by atoms with Gasteiger partial charge in [-0.2, -0.15) is 0 Å². The molecule has 17 heavy (non-hydrogen) atoms. The predicted molar refractivity (Wildman–Crippen MR) is 66.4 cm³/mol. The van der Waals surface area contributed by atoms with Crippen molar-refractivity contribution < 1.29 is 42.1 Å². The molecule has 0 aliphatic heterocycles. The van der Waals surface area contributed by atoms with E-state index >= 15 is 0 Å². The Morgan fingerprint density at radius 2 is 1.00 bits per heavy atom. The summed E-state index contributed by atoms with van der Waals surface area (Å²) in [6.45, 7) is 5.79. The summed E-state index contributed by atoms with van der Waals surface area (Å²) in [6.07, 6.45) is 0. The number of aliphatic hydroxyl groups is 3. The summed E-state index contributed by atoms with van der Waals surface area (Å²) in [4.78, 5) is 0. The van der Waals surface area contributed by atoms with E-state index in [1.54, 1.807) is 45.0 Å². The number of phenols is 1. The van der Waals surface area contributed by atoms with E-state index < -0.39 is 0 Å². The summed E-state index contributed by atoms with van der Waals surface area (Å²) >= 11 is 0. The summed E-state index contributed by atoms with van der Waals surface area (Å²) in [5.41, 5.74) is 0. The molecule has 1 rings (SSSR count). The number of benzene rings is 1. The predicted octanol–water partition coefficient (Wildman–Crippen LogP) is 1.39. The van der Waals surface area contributed by atoms with Crippen LogP contribution in [0.25, 0.3) is 0 Å². The van der Waals surface area contributed by atoms with Gasteiger partial charge in [0.2, 0.25) is 0 Å². The number of phenolic OH excluding ortho intramolecular Hbond substituents is 1. The summed E-state index contributed by atoms with van der Waals surface area (Å²) in [5.74, 6) is 0.322. The van der Waals surface area contributed by atoms with E-state index in [0.29, 0.717) is 5.75 Å². The van der Waals surface area contributed by atoms with Crippen LogP contribution in [-0.2, 0) is 21.7 Å². The molecular formula is C12H24O4Ti. The van der Waals surface area contributed by atoms with Gasteiger partial charge in [-0.1, -0.05) is 18.2 Å². The molecule has 0 amide bonds. The van der Waals surface area contributed by atoms with Crippen LogP contribution in [0.2, 0.25) is 0 Å². The number of aliphatic hydroxyl groups excluding tert-OH is 3. The molecule has 5 heteroatoms. The standard InChI is InChI=1S/C6H6O.3C2H6O.Ti/c7-6-4-2-1-3-5-6;3*1-2-3;/h1-5,7H;3*3H,2H2,1H3;. The van der Waals surface area contributed by atoms with Gasteiger partial charge in [0.25, 0.3) is 0 Å². The van der Waals surface area contributed by atoms with E-state index in [-0.39, 0.29) is 41.5 Å². The zero-order chi connectivity index (χ0) is 13.2. The third-order valence-electron chi connectivity index (χ3n) is 0.756. The topological polar surface area (TPSA) is 80.9 Å². The molecule has 0 radical (unpaired) electrons. The Kier molecular flexibility index (Phi) is 44.3. The van der Waals surface area contributed by atoms with Crippen molar-refractivity contribution in [2.45, 2.75) is 20.8 Å². The van der Waals surface area contributed by atoms with E-state index in [4.69, 9.17) is 20.4 Å². The van der Waals surface area contributed by atoms with Gasteiger partial charge < -0.3 is 20.4 Å². The Bertz CT molecular complexity index is 178. The number of rotatable bonds is 0. The molecule has 0 saturated carbocycles. The quantitative estimate of drug-likeness (QED) is 0.541. The van der Waals surface area contributed by atoms with Crippen LogP contribution in [0.15, 0.2) is 30.3 Å². The van der Waals surface area contributed by atoms with Crippen molar-refractivity contribution in [1.82, 2.24) is 0 Å². The number of para-hydroxylation sites is 1. The fourth-order valence-corrected chi connectivity index (χ4v) is 0.428. The molecule has 0 spiro atoms. The minimum atomic E-state index is 0. The van der Waals surface area contributed by atoms with Crippen molar-refractivity contribution in [2.24, 2.45) is 0 Å². The van der Waals surface area contributed by atoms with Crippen LogP contribution in [0, 0.1) is 0 Å². The van der Waals surface area contributed by atoms with Crippen LogP contribution < -0.4 is 0 Å². The molecule has 0 aliphatic carbocycles. The molecule has 0 fully saturated rings. The van der Waals surface area contributed by atoms with Crippen LogP contribution in [0.5, 0.6) is 5.75 Å². The van der Waals surface area contributed by atoms with Gasteiger partial charge in [0.15, 0.2) is 0 Å². The fraction of sp³-hybridized carbons (Fsp3) is 0.500. The van der Waals surface area contributed by atoms with Crippen molar-refractivity contribution in [1.29, 1.82) is 0 Å². The summed E-state index contributed by atoms with van der Waals surface area (Å²) < 4.78 is 0. The smallest absolute Gasteiger partial charge is 0.115 e. The summed E-state index contributed by atoms with van der Waals surface area (Å²) in [7, 11) is 0. The van der Waals surface area contributed by atoms with Gasteiger partial charge in [-0.05, 0) is 32.9 Å². The minimum Gasteiger partial charge on any atom is -0.508 e. The molecule has 0 bridgehead atoms. The maximum absolute atomic E-state index is 8.63. The second-order valence-corrected chi connectivity index (χ2v) is 2.28. The monoisotopic (exact) mass is 280 g/mol. The van der Waals surface area contributed by atoms with Gasteiger partial charge >= 0.3 is 0 Å². The first-order valence-corrected chi connectivity index (χ1v) is 5.20. The Balaban J connectivity index is -0.0000000734. The van der Waals surface area contributed by atoms with Gasteiger partial charge in [0.05, 0.1) is 0 Å². The minimum absolute atomic E-state index is 0. The molecule has 0 aromatic heterocycles. The molecule has 100 valence electrons. The Hall–Kier alpha value is -0.386. The maximum atomic E-state index is 8.63. The largest absolute Gasteiger partial charge is 0.508 e. The molecular weight excluding hydrogens is 256 g/mol. The molecule has 4 nitrogen and oxygen atoms in total. The third-order valence-corrected chi connectivity index (χ3v) is 0.756. The van der Waals surface area contributed by atoms with Crippen molar-refractivity contribution in [3.63, 3.8) is 0 Å². The molecule has 0 unspecified atom stereocenters. The van der Waals surface area contributed by atoms with Crippen molar-refractivity contribution in [2.75, 3.05) is 19.8 Å². The van der Waals surface area contributed by atoms with Crippen LogP contribution in [0.1, 0.15) is 20.8 Å². The van der Waals surface area contributed by atoms with E-state index in [9.17, 15) is 0 Å². The number of hydrogen-bond acceptors (Lipinski definition) is 4. The molecule has 0 atom stereocenters. The fourth-order valence-electron chi connectivity index (χ4n) is 0.428.